The Bertz CT molecular complexity index is 365. The first kappa shape index (κ1) is 18.2. The van der Waals surface area contributed by atoms with Gasteiger partial charge in [-0.2, -0.15) is 0 Å². The minimum Gasteiger partial charge on any atom is -0.359 e. The van der Waals surface area contributed by atoms with Crippen LogP contribution in [-0.2, 0) is 9.59 Å². The van der Waals surface area contributed by atoms with Crippen molar-refractivity contribution in [2.45, 2.75) is 51.0 Å². The molecule has 1 aliphatic carbocycles. The molecule has 3 unspecified atom stereocenters. The van der Waals surface area contributed by atoms with E-state index < -0.39 is 0 Å². The maximum Gasteiger partial charge on any atom is 0.224 e. The third kappa shape index (κ3) is 4.85. The van der Waals surface area contributed by atoms with E-state index in [1.54, 1.807) is 7.05 Å². The molecular weight excluding hydrogens is 290 g/mol. The molecule has 2 amide bonds. The van der Waals surface area contributed by atoms with Crippen LogP contribution in [-0.4, -0.2) is 42.9 Å². The molecule has 0 aromatic heterocycles. The average molecular weight is 318 g/mol. The van der Waals surface area contributed by atoms with Crippen LogP contribution in [0.15, 0.2) is 0 Å². The highest BCUT2D eigenvalue weighted by molar-refractivity contribution is 5.85. The Balaban J connectivity index is 0.00000220. The Labute approximate surface area is 133 Å². The van der Waals surface area contributed by atoms with Crippen LogP contribution >= 0.6 is 12.4 Å². The van der Waals surface area contributed by atoms with Gasteiger partial charge in [0.05, 0.1) is 5.92 Å². The number of hydrogen-bond donors (Lipinski definition) is 2. The fraction of sp³-hybridized carbons (Fsp3) is 0.867. The van der Waals surface area contributed by atoms with Gasteiger partial charge in [-0.1, -0.05) is 12.8 Å². The SMILES string of the molecule is CNC(=O)C1CCCN(C(=O)CC2CCCCC2N)C1.Cl. The number of carbonyl (C=O) groups is 2. The monoisotopic (exact) mass is 317 g/mol. The molecule has 1 saturated carbocycles. The van der Waals surface area contributed by atoms with Gasteiger partial charge in [0.25, 0.3) is 0 Å². The number of hydrogen-bond acceptors (Lipinski definition) is 3. The van der Waals surface area contributed by atoms with E-state index >= 15 is 0 Å². The van der Waals surface area contributed by atoms with Crippen molar-refractivity contribution in [3.63, 3.8) is 0 Å². The molecule has 1 heterocycles. The molecule has 2 fully saturated rings. The number of carbonyl (C=O) groups excluding carboxylic acids is 2. The molecule has 122 valence electrons. The first-order valence-electron chi connectivity index (χ1n) is 7.86. The molecule has 1 saturated heterocycles. The van der Waals surface area contributed by atoms with Gasteiger partial charge in [-0.3, -0.25) is 9.59 Å². The van der Waals surface area contributed by atoms with Crippen molar-refractivity contribution in [1.29, 1.82) is 0 Å². The molecular formula is C15H28ClN3O2. The molecule has 2 rings (SSSR count). The fourth-order valence-electron chi connectivity index (χ4n) is 3.46. The van der Waals surface area contributed by atoms with Crippen LogP contribution in [0.2, 0.25) is 0 Å². The molecule has 3 atom stereocenters. The van der Waals surface area contributed by atoms with Crippen LogP contribution in [0, 0.1) is 11.8 Å². The zero-order valence-electron chi connectivity index (χ0n) is 12.8. The van der Waals surface area contributed by atoms with Gasteiger partial charge in [-0.05, 0) is 31.6 Å². The minimum atomic E-state index is -0.0438. The van der Waals surface area contributed by atoms with E-state index in [0.717, 1.165) is 32.2 Å². The lowest BCUT2D eigenvalue weighted by molar-refractivity contribution is -0.136. The summed E-state index contributed by atoms with van der Waals surface area (Å²) in [6.45, 7) is 1.36. The van der Waals surface area contributed by atoms with E-state index in [1.165, 1.54) is 12.8 Å². The third-order valence-corrected chi connectivity index (χ3v) is 4.80. The second-order valence-electron chi connectivity index (χ2n) is 6.21. The van der Waals surface area contributed by atoms with E-state index in [4.69, 9.17) is 5.73 Å². The molecule has 0 bridgehead atoms. The Hall–Kier alpha value is -0.810. The smallest absolute Gasteiger partial charge is 0.224 e. The molecule has 2 aliphatic rings. The number of nitrogens with two attached hydrogens (primary N) is 1. The third-order valence-electron chi connectivity index (χ3n) is 4.80. The van der Waals surface area contributed by atoms with Crippen LogP contribution in [0.3, 0.4) is 0 Å². The standard InChI is InChI=1S/C15H27N3O2.ClH/c1-17-15(20)12-6-4-8-18(10-12)14(19)9-11-5-2-3-7-13(11)16;/h11-13H,2-10,16H2,1H3,(H,17,20);1H. The first-order valence-corrected chi connectivity index (χ1v) is 7.86. The number of nitrogens with zero attached hydrogens (tertiary/aromatic N) is 1. The zero-order valence-corrected chi connectivity index (χ0v) is 13.7. The van der Waals surface area contributed by atoms with E-state index in [0.29, 0.717) is 18.9 Å². The van der Waals surface area contributed by atoms with Crippen molar-refractivity contribution < 1.29 is 9.59 Å². The van der Waals surface area contributed by atoms with Crippen molar-refractivity contribution in [2.24, 2.45) is 17.6 Å². The quantitative estimate of drug-likeness (QED) is 0.824. The largest absolute Gasteiger partial charge is 0.359 e. The van der Waals surface area contributed by atoms with Gasteiger partial charge in [0.15, 0.2) is 0 Å². The molecule has 5 nitrogen and oxygen atoms in total. The summed E-state index contributed by atoms with van der Waals surface area (Å²) in [6, 6.07) is 0.173. The molecule has 0 spiro atoms. The minimum absolute atomic E-state index is 0. The number of amides is 2. The van der Waals surface area contributed by atoms with Crippen molar-refractivity contribution in [3.8, 4) is 0 Å². The molecule has 0 aromatic carbocycles. The Morgan fingerprint density at radius 2 is 1.90 bits per heavy atom. The molecule has 0 aromatic rings. The van der Waals surface area contributed by atoms with Crippen LogP contribution in [0.5, 0.6) is 0 Å². The maximum absolute atomic E-state index is 12.4. The summed E-state index contributed by atoms with van der Waals surface area (Å²) >= 11 is 0. The van der Waals surface area contributed by atoms with Gasteiger partial charge >= 0.3 is 0 Å². The Kier molecular flexibility index (Phi) is 7.46. The summed E-state index contributed by atoms with van der Waals surface area (Å²) in [5, 5.41) is 2.69. The Morgan fingerprint density at radius 3 is 2.57 bits per heavy atom. The summed E-state index contributed by atoms with van der Waals surface area (Å²) < 4.78 is 0. The van der Waals surface area contributed by atoms with Gasteiger partial charge in [0.1, 0.15) is 0 Å². The van der Waals surface area contributed by atoms with Crippen molar-refractivity contribution in [2.75, 3.05) is 20.1 Å². The predicted octanol–water partition coefficient (Wildman–Crippen LogP) is 1.30. The van der Waals surface area contributed by atoms with Gasteiger partial charge < -0.3 is 16.0 Å². The number of rotatable bonds is 3. The number of halogens is 1. The summed E-state index contributed by atoms with van der Waals surface area (Å²) in [5.41, 5.74) is 6.12. The van der Waals surface area contributed by atoms with Crippen molar-refractivity contribution >= 4 is 24.2 Å². The zero-order chi connectivity index (χ0) is 14.5. The summed E-state index contributed by atoms with van der Waals surface area (Å²) in [5.74, 6) is 0.521. The lowest BCUT2D eigenvalue weighted by atomic mass is 9.82. The fourth-order valence-corrected chi connectivity index (χ4v) is 3.46. The van der Waals surface area contributed by atoms with E-state index in [-0.39, 0.29) is 36.2 Å². The molecule has 6 heteroatoms. The summed E-state index contributed by atoms with van der Waals surface area (Å²) in [7, 11) is 1.66. The highest BCUT2D eigenvalue weighted by atomic mass is 35.5. The molecule has 0 radical (unpaired) electrons. The van der Waals surface area contributed by atoms with Crippen LogP contribution in [0.25, 0.3) is 0 Å². The summed E-state index contributed by atoms with van der Waals surface area (Å²) in [4.78, 5) is 26.0. The lowest BCUT2D eigenvalue weighted by Gasteiger charge is -2.34. The van der Waals surface area contributed by atoms with Crippen LogP contribution in [0.1, 0.15) is 44.9 Å². The van der Waals surface area contributed by atoms with E-state index in [2.05, 4.69) is 5.32 Å². The van der Waals surface area contributed by atoms with Gasteiger partial charge in [0.2, 0.25) is 11.8 Å². The second kappa shape index (κ2) is 8.59. The topological polar surface area (TPSA) is 75.4 Å². The van der Waals surface area contributed by atoms with E-state index in [9.17, 15) is 9.59 Å². The Morgan fingerprint density at radius 1 is 1.19 bits per heavy atom. The molecule has 1 aliphatic heterocycles. The normalized spacial score (nSPS) is 29.4. The number of piperidine rings is 1. The first-order chi connectivity index (χ1) is 9.61. The van der Waals surface area contributed by atoms with Gasteiger partial charge in [0, 0.05) is 32.6 Å². The molecule has 3 N–H and O–H groups in total. The lowest BCUT2D eigenvalue weighted by Crippen LogP contribution is -2.46. The van der Waals surface area contributed by atoms with Crippen LogP contribution in [0.4, 0.5) is 0 Å². The predicted molar refractivity (Wildman–Crippen MR) is 85.2 cm³/mol. The highest BCUT2D eigenvalue weighted by Crippen LogP contribution is 2.27. The molecule has 21 heavy (non-hydrogen) atoms. The number of likely N-dealkylation sites (tertiary alicyclic amines) is 1. The van der Waals surface area contributed by atoms with Gasteiger partial charge in [-0.15, -0.1) is 12.4 Å². The van der Waals surface area contributed by atoms with Crippen molar-refractivity contribution in [3.05, 3.63) is 0 Å². The van der Waals surface area contributed by atoms with Gasteiger partial charge in [-0.25, -0.2) is 0 Å². The average Bonchev–Trinajstić information content (AvgIpc) is 2.49. The highest BCUT2D eigenvalue weighted by Gasteiger charge is 2.30. The second-order valence-corrected chi connectivity index (χ2v) is 6.21. The van der Waals surface area contributed by atoms with E-state index in [1.807, 2.05) is 4.90 Å². The van der Waals surface area contributed by atoms with Crippen molar-refractivity contribution in [1.82, 2.24) is 10.2 Å². The number of nitrogens with one attached hydrogen (secondary N) is 1. The maximum atomic E-state index is 12.4. The summed E-state index contributed by atoms with van der Waals surface area (Å²) in [6.07, 6.45) is 6.84. The van der Waals surface area contributed by atoms with Crippen LogP contribution < -0.4 is 11.1 Å².